The molecule has 0 bridgehead atoms. The first-order valence-corrected chi connectivity index (χ1v) is 8.33. The number of aliphatic carboxylic acids is 1. The second-order valence-electron chi connectivity index (χ2n) is 3.00. The molecular formula is C7H17N2O6S3+. The fourth-order valence-corrected chi connectivity index (χ4v) is 1.79. The molecule has 2 atom stereocenters. The highest BCUT2D eigenvalue weighted by molar-refractivity contribution is 7.98. The number of carboxylic acid groups (broad SMARTS) is 1. The average Bonchev–Trinajstić information content (AvgIpc) is 2.26. The number of rotatable bonds is 7. The first-order chi connectivity index (χ1) is 8.20. The molecule has 0 aromatic carbocycles. The lowest BCUT2D eigenvalue weighted by molar-refractivity contribution is -0.138. The van der Waals surface area contributed by atoms with Crippen molar-refractivity contribution in [1.29, 1.82) is 0 Å². The van der Waals surface area contributed by atoms with Gasteiger partial charge in [-0.25, -0.2) is 0 Å². The van der Waals surface area contributed by atoms with Crippen molar-refractivity contribution in [3.63, 3.8) is 0 Å². The summed E-state index contributed by atoms with van der Waals surface area (Å²) in [5, 5.41) is 8.27. The van der Waals surface area contributed by atoms with Gasteiger partial charge in [0.2, 0.25) is 0 Å². The first-order valence-electron chi connectivity index (χ1n) is 4.63. The van der Waals surface area contributed by atoms with Gasteiger partial charge in [-0.2, -0.15) is 20.2 Å². The highest BCUT2D eigenvalue weighted by Gasteiger charge is 2.34. The van der Waals surface area contributed by atoms with Crippen molar-refractivity contribution in [2.75, 3.05) is 18.6 Å². The molecule has 0 aliphatic heterocycles. The number of nitrogens with two attached hydrogens (primary N) is 2. The van der Waals surface area contributed by atoms with Gasteiger partial charge in [0.1, 0.15) is 6.04 Å². The Morgan fingerprint density at radius 1 is 1.50 bits per heavy atom. The van der Waals surface area contributed by atoms with Gasteiger partial charge in [0.15, 0.2) is 0 Å². The molecule has 0 aromatic rings. The van der Waals surface area contributed by atoms with Crippen LogP contribution in [0.3, 0.4) is 0 Å². The Labute approximate surface area is 114 Å². The van der Waals surface area contributed by atoms with Crippen LogP contribution in [0.4, 0.5) is 0 Å². The Hall–Kier alpha value is -0.330. The molecule has 1 unspecified atom stereocenters. The van der Waals surface area contributed by atoms with Gasteiger partial charge in [0.05, 0.1) is 6.54 Å². The summed E-state index contributed by atoms with van der Waals surface area (Å²) in [6.07, 6.45) is 2.48. The smallest absolute Gasteiger partial charge is 0.480 e. The van der Waals surface area contributed by atoms with Gasteiger partial charge in [-0.05, 0) is 18.4 Å². The minimum absolute atomic E-state index is 0.236. The van der Waals surface area contributed by atoms with E-state index >= 15 is 0 Å². The van der Waals surface area contributed by atoms with Crippen LogP contribution in [0.15, 0.2) is 0 Å². The summed E-state index contributed by atoms with van der Waals surface area (Å²) in [5.41, 5.74) is 10.00. The molecule has 0 rings (SSSR count). The summed E-state index contributed by atoms with van der Waals surface area (Å²) in [5.74, 6) is -0.1000. The Balaban J connectivity index is 0. The SMILES string of the molecule is CSCC[C@H](N)C(=O)O.NCC([S+]=O)S(=O)(=O)O. The van der Waals surface area contributed by atoms with Gasteiger partial charge in [0, 0.05) is 4.21 Å². The predicted molar refractivity (Wildman–Crippen MR) is 71.1 cm³/mol. The quantitative estimate of drug-likeness (QED) is 0.331. The van der Waals surface area contributed by atoms with Gasteiger partial charge in [-0.3, -0.25) is 9.35 Å². The Morgan fingerprint density at radius 2 is 2.00 bits per heavy atom. The third-order valence-electron chi connectivity index (χ3n) is 1.58. The molecule has 0 saturated heterocycles. The molecule has 11 heteroatoms. The maximum atomic E-state index is 10.1. The van der Waals surface area contributed by atoms with E-state index in [1.54, 1.807) is 11.8 Å². The average molecular weight is 321 g/mol. The van der Waals surface area contributed by atoms with Crippen LogP contribution in [0.2, 0.25) is 0 Å². The van der Waals surface area contributed by atoms with E-state index < -0.39 is 26.7 Å². The van der Waals surface area contributed by atoms with Crippen molar-refractivity contribution < 1.29 is 27.1 Å². The first kappa shape index (κ1) is 20.0. The van der Waals surface area contributed by atoms with Crippen molar-refractivity contribution in [3.05, 3.63) is 0 Å². The standard InChI is InChI=1S/C5H11NO2S.C2H5NO4S2/c1-9-3-2-4(6)5(7)8;3-1-2(8-4)9(5,6)7/h4H,2-3,6H2,1H3,(H,7,8);2H,1,3H2/p+1/t4-;/m0./s1. The second kappa shape index (κ2) is 10.6. The van der Waals surface area contributed by atoms with Crippen LogP contribution in [0.25, 0.3) is 0 Å². The maximum absolute atomic E-state index is 10.1. The van der Waals surface area contributed by atoms with Gasteiger partial charge >= 0.3 is 32.3 Å². The summed E-state index contributed by atoms with van der Waals surface area (Å²) in [6, 6.07) is -0.683. The molecule has 8 nitrogen and oxygen atoms in total. The molecule has 0 aromatic heterocycles. The van der Waals surface area contributed by atoms with E-state index in [9.17, 15) is 17.4 Å². The van der Waals surface area contributed by atoms with Crippen LogP contribution >= 0.6 is 11.8 Å². The molecular weight excluding hydrogens is 304 g/mol. The fourth-order valence-electron chi connectivity index (χ4n) is 0.579. The molecule has 0 amide bonds. The van der Waals surface area contributed by atoms with Gasteiger partial charge in [0.25, 0.3) is 0 Å². The van der Waals surface area contributed by atoms with Crippen molar-refractivity contribution in [1.82, 2.24) is 0 Å². The van der Waals surface area contributed by atoms with Crippen LogP contribution in [-0.4, -0.2) is 53.2 Å². The fraction of sp³-hybridized carbons (Fsp3) is 0.857. The Bertz CT molecular complexity index is 347. The van der Waals surface area contributed by atoms with Crippen molar-refractivity contribution >= 4 is 39.5 Å². The lowest BCUT2D eigenvalue weighted by Crippen LogP contribution is -2.30. The van der Waals surface area contributed by atoms with E-state index in [2.05, 4.69) is 0 Å². The molecule has 108 valence electrons. The molecule has 0 radical (unpaired) electrons. The molecule has 0 heterocycles. The third-order valence-corrected chi connectivity index (χ3v) is 4.46. The topological polar surface area (TPSA) is 161 Å². The molecule has 0 saturated carbocycles. The van der Waals surface area contributed by atoms with E-state index in [0.29, 0.717) is 6.42 Å². The van der Waals surface area contributed by atoms with E-state index in [1.165, 1.54) is 0 Å². The lowest BCUT2D eigenvalue weighted by atomic mass is 10.2. The minimum Gasteiger partial charge on any atom is -0.480 e. The lowest BCUT2D eigenvalue weighted by Gasteiger charge is -2.02. The second-order valence-corrected chi connectivity index (χ2v) is 6.65. The van der Waals surface area contributed by atoms with E-state index in [1.807, 2.05) is 6.26 Å². The van der Waals surface area contributed by atoms with Gasteiger partial charge < -0.3 is 16.6 Å². The third kappa shape index (κ3) is 10.8. The Morgan fingerprint density at radius 3 is 2.17 bits per heavy atom. The van der Waals surface area contributed by atoms with Gasteiger partial charge in [-0.15, -0.1) is 0 Å². The van der Waals surface area contributed by atoms with Crippen LogP contribution < -0.4 is 11.5 Å². The summed E-state index contributed by atoms with van der Waals surface area (Å²) in [4.78, 5) is 10.1. The van der Waals surface area contributed by atoms with Crippen molar-refractivity contribution in [2.45, 2.75) is 17.0 Å². The van der Waals surface area contributed by atoms with Crippen LogP contribution in [-0.2, 0) is 30.8 Å². The molecule has 0 spiro atoms. The van der Waals surface area contributed by atoms with E-state index in [4.69, 9.17) is 21.1 Å². The normalized spacial score (nSPS) is 14.0. The molecule has 0 fully saturated rings. The minimum atomic E-state index is -4.24. The highest BCUT2D eigenvalue weighted by Crippen LogP contribution is 1.97. The predicted octanol–water partition coefficient (Wildman–Crippen LogP) is -1.26. The van der Waals surface area contributed by atoms with Gasteiger partial charge in [-0.1, -0.05) is 0 Å². The summed E-state index contributed by atoms with van der Waals surface area (Å²) in [6.45, 7) is -0.368. The van der Waals surface area contributed by atoms with Crippen LogP contribution in [0, 0.1) is 0 Å². The zero-order valence-corrected chi connectivity index (χ0v) is 12.1. The molecule has 0 aliphatic carbocycles. The van der Waals surface area contributed by atoms with Crippen LogP contribution in [0.5, 0.6) is 0 Å². The maximum Gasteiger partial charge on any atom is 0.483 e. The Kier molecular flexibility index (Phi) is 11.8. The van der Waals surface area contributed by atoms with Crippen LogP contribution in [0.1, 0.15) is 6.42 Å². The van der Waals surface area contributed by atoms with E-state index in [-0.39, 0.29) is 18.2 Å². The van der Waals surface area contributed by atoms with Crippen molar-refractivity contribution in [3.8, 4) is 0 Å². The van der Waals surface area contributed by atoms with Crippen molar-refractivity contribution in [2.24, 2.45) is 11.5 Å². The zero-order valence-electron chi connectivity index (χ0n) is 9.68. The monoisotopic (exact) mass is 321 g/mol. The molecule has 0 aliphatic rings. The largest absolute Gasteiger partial charge is 0.483 e. The zero-order chi connectivity index (χ0) is 14.8. The number of hydrogen-bond donors (Lipinski definition) is 4. The molecule has 6 N–H and O–H groups in total. The number of carboxylic acids is 1. The highest BCUT2D eigenvalue weighted by atomic mass is 32.3. The number of thioether (sulfide) groups is 1. The summed E-state index contributed by atoms with van der Waals surface area (Å²) >= 11 is 1.37. The summed E-state index contributed by atoms with van der Waals surface area (Å²) in [7, 11) is -4.24. The molecule has 18 heavy (non-hydrogen) atoms. The number of carbonyl (C=O) groups is 1. The summed E-state index contributed by atoms with van der Waals surface area (Å²) < 4.78 is 36.6. The number of hydrogen-bond acceptors (Lipinski definition) is 7. The van der Waals surface area contributed by atoms with E-state index in [0.717, 1.165) is 5.75 Å².